The van der Waals surface area contributed by atoms with E-state index in [0.717, 1.165) is 41.1 Å². The van der Waals surface area contributed by atoms with Crippen LogP contribution in [0, 0.1) is 22.7 Å². The van der Waals surface area contributed by atoms with E-state index in [2.05, 4.69) is 37.1 Å². The number of anilines is 1. The maximum atomic E-state index is 12.9. The lowest BCUT2D eigenvalue weighted by molar-refractivity contribution is 0.0526. The molecule has 182 valence electrons. The fourth-order valence-electron chi connectivity index (χ4n) is 4.28. The van der Waals surface area contributed by atoms with Gasteiger partial charge in [0.2, 0.25) is 0 Å². The van der Waals surface area contributed by atoms with Crippen LogP contribution in [0.15, 0.2) is 35.8 Å². The second-order valence-electron chi connectivity index (χ2n) is 9.59. The molecule has 2 heterocycles. The number of nitrogens with zero attached hydrogens (tertiary/aromatic N) is 2. The van der Waals surface area contributed by atoms with Gasteiger partial charge in [0, 0.05) is 27.0 Å². The average molecular weight is 526 g/mol. The number of halogens is 1. The highest BCUT2D eigenvalue weighted by Crippen LogP contribution is 2.44. The van der Waals surface area contributed by atoms with Gasteiger partial charge in [-0.25, -0.2) is 9.78 Å². The maximum absolute atomic E-state index is 12.9. The summed E-state index contributed by atoms with van der Waals surface area (Å²) in [6.45, 7) is 8.95. The molecule has 1 aliphatic rings. The molecule has 4 rings (SSSR count). The number of carbonyl (C=O) groups excluding carboxylic acids is 1. The Morgan fingerprint density at radius 1 is 1.34 bits per heavy atom. The van der Waals surface area contributed by atoms with E-state index in [1.54, 1.807) is 17.5 Å². The lowest BCUT2D eigenvalue weighted by Gasteiger charge is -2.33. The molecule has 0 bridgehead atoms. The highest BCUT2D eigenvalue weighted by molar-refractivity contribution is 7.16. The molecule has 0 radical (unpaired) electrons. The fraction of sp³-hybridized carbons (Fsp3) is 0.370. The third-order valence-corrected chi connectivity index (χ3v) is 8.63. The molecule has 0 aliphatic heterocycles. The summed E-state index contributed by atoms with van der Waals surface area (Å²) in [5.74, 6) is 0.247. The third-order valence-electron chi connectivity index (χ3n) is 6.31. The van der Waals surface area contributed by atoms with Crippen LogP contribution in [0.5, 0.6) is 0 Å². The Bertz CT molecular complexity index is 1290. The fourth-order valence-corrected chi connectivity index (χ4v) is 6.48. The van der Waals surface area contributed by atoms with Crippen molar-refractivity contribution in [2.24, 2.45) is 11.3 Å². The first-order valence-electron chi connectivity index (χ1n) is 11.6. The Balaban J connectivity index is 1.63. The van der Waals surface area contributed by atoms with Gasteiger partial charge in [-0.15, -0.1) is 22.7 Å². The Kier molecular flexibility index (Phi) is 7.65. The van der Waals surface area contributed by atoms with Crippen LogP contribution in [-0.4, -0.2) is 17.6 Å². The van der Waals surface area contributed by atoms with E-state index in [-0.39, 0.29) is 11.4 Å². The van der Waals surface area contributed by atoms with E-state index in [9.17, 15) is 10.1 Å². The first-order valence-corrected chi connectivity index (χ1v) is 13.7. The van der Waals surface area contributed by atoms with E-state index >= 15 is 0 Å². The highest BCUT2D eigenvalue weighted by Gasteiger charge is 2.34. The lowest BCUT2D eigenvalue weighted by Crippen LogP contribution is -2.26. The number of aromatic nitrogens is 1. The van der Waals surface area contributed by atoms with Crippen molar-refractivity contribution in [1.82, 2.24) is 4.98 Å². The summed E-state index contributed by atoms with van der Waals surface area (Å²) in [5, 5.41) is 17.0. The van der Waals surface area contributed by atoms with Crippen LogP contribution >= 0.6 is 34.3 Å². The van der Waals surface area contributed by atoms with Gasteiger partial charge in [-0.2, -0.15) is 5.26 Å². The number of allylic oxidation sites excluding steroid dienone is 1. The van der Waals surface area contributed by atoms with E-state index in [0.29, 0.717) is 33.7 Å². The van der Waals surface area contributed by atoms with Crippen molar-refractivity contribution in [3.63, 3.8) is 0 Å². The molecule has 1 N–H and O–H groups in total. The van der Waals surface area contributed by atoms with Gasteiger partial charge in [-0.1, -0.05) is 44.5 Å². The summed E-state index contributed by atoms with van der Waals surface area (Å²) in [5.41, 5.74) is 4.03. The van der Waals surface area contributed by atoms with Crippen LogP contribution < -0.4 is 5.32 Å². The van der Waals surface area contributed by atoms with Crippen LogP contribution in [0.4, 0.5) is 5.00 Å². The van der Waals surface area contributed by atoms with Crippen LogP contribution in [0.3, 0.4) is 0 Å². The first kappa shape index (κ1) is 25.4. The van der Waals surface area contributed by atoms with Gasteiger partial charge in [0.05, 0.1) is 17.9 Å². The quantitative estimate of drug-likeness (QED) is 0.262. The number of ether oxygens (including phenoxy) is 1. The molecule has 35 heavy (non-hydrogen) atoms. The number of rotatable bonds is 6. The Morgan fingerprint density at radius 2 is 2.09 bits per heavy atom. The summed E-state index contributed by atoms with van der Waals surface area (Å²) in [7, 11) is 0. The minimum atomic E-state index is -0.312. The first-order chi connectivity index (χ1) is 16.7. The summed E-state index contributed by atoms with van der Waals surface area (Å²) in [6.07, 6.45) is 4.50. The molecular formula is C27H28ClN3O2S2. The van der Waals surface area contributed by atoms with Crippen LogP contribution in [-0.2, 0) is 17.6 Å². The predicted octanol–water partition coefficient (Wildman–Crippen LogP) is 7.83. The number of carbonyl (C=O) groups is 1. The van der Waals surface area contributed by atoms with Crippen LogP contribution in [0.25, 0.3) is 16.8 Å². The standard InChI is InChI=1S/C27H28ClN3O2S2/c1-5-33-26(32)23-20-11-8-18(27(2,3)4)12-22(20)35-25(23)30-14-17(13-29)24-31-21(15-34-24)16-6-9-19(28)10-7-16/h6-7,9-10,14-15,18,30H,5,8,11-12H2,1-4H3/b17-14-/t18-/m1/s1. The molecule has 0 saturated heterocycles. The van der Waals surface area contributed by atoms with Gasteiger partial charge >= 0.3 is 5.97 Å². The molecule has 0 fully saturated rings. The smallest absolute Gasteiger partial charge is 0.341 e. The molecule has 0 amide bonds. The number of benzene rings is 1. The van der Waals surface area contributed by atoms with Crippen molar-refractivity contribution < 1.29 is 9.53 Å². The minimum absolute atomic E-state index is 0.208. The molecule has 0 spiro atoms. The van der Waals surface area contributed by atoms with Gasteiger partial charge < -0.3 is 10.1 Å². The largest absolute Gasteiger partial charge is 0.462 e. The Labute approximate surface area is 219 Å². The Morgan fingerprint density at radius 3 is 2.74 bits per heavy atom. The van der Waals surface area contributed by atoms with E-state index in [1.165, 1.54) is 16.2 Å². The van der Waals surface area contributed by atoms with Crippen molar-refractivity contribution in [2.75, 3.05) is 11.9 Å². The van der Waals surface area contributed by atoms with Gasteiger partial charge in [-0.3, -0.25) is 0 Å². The minimum Gasteiger partial charge on any atom is -0.462 e. The maximum Gasteiger partial charge on any atom is 0.341 e. The van der Waals surface area contributed by atoms with Crippen LogP contribution in [0.1, 0.15) is 59.9 Å². The van der Waals surface area contributed by atoms with Gasteiger partial charge in [0.1, 0.15) is 21.7 Å². The number of nitrogens with one attached hydrogen (secondary N) is 1. The van der Waals surface area contributed by atoms with Crippen LogP contribution in [0.2, 0.25) is 5.02 Å². The van der Waals surface area contributed by atoms with Gasteiger partial charge in [0.15, 0.2) is 0 Å². The molecule has 5 nitrogen and oxygen atoms in total. The van der Waals surface area contributed by atoms with E-state index in [4.69, 9.17) is 16.3 Å². The van der Waals surface area contributed by atoms with Gasteiger partial charge in [0.25, 0.3) is 0 Å². The molecule has 0 saturated carbocycles. The number of thiophene rings is 1. The number of nitriles is 1. The number of fused-ring (bicyclic) bond motifs is 1. The molecule has 8 heteroatoms. The molecule has 1 aromatic carbocycles. The predicted molar refractivity (Wildman–Crippen MR) is 145 cm³/mol. The highest BCUT2D eigenvalue weighted by atomic mass is 35.5. The molecule has 2 aromatic heterocycles. The van der Waals surface area contributed by atoms with Gasteiger partial charge in [-0.05, 0) is 55.2 Å². The lowest BCUT2D eigenvalue weighted by atomic mass is 9.72. The summed E-state index contributed by atoms with van der Waals surface area (Å²) < 4.78 is 5.39. The van der Waals surface area contributed by atoms with Crippen molar-refractivity contribution in [3.8, 4) is 17.3 Å². The SMILES string of the molecule is CCOC(=O)c1c(N/C=C(/C#N)c2nc(-c3ccc(Cl)cc3)cs2)sc2c1CC[C@@H](C(C)(C)C)C2. The summed E-state index contributed by atoms with van der Waals surface area (Å²) in [4.78, 5) is 18.8. The summed E-state index contributed by atoms with van der Waals surface area (Å²) in [6, 6.07) is 9.68. The Hall–Kier alpha value is -2.66. The second-order valence-corrected chi connectivity index (χ2v) is 12.0. The summed E-state index contributed by atoms with van der Waals surface area (Å²) >= 11 is 8.98. The molecular weight excluding hydrogens is 498 g/mol. The number of hydrogen-bond donors (Lipinski definition) is 1. The normalized spacial score (nSPS) is 15.9. The number of hydrogen-bond acceptors (Lipinski definition) is 7. The zero-order chi connectivity index (χ0) is 25.2. The van der Waals surface area contributed by atoms with E-state index in [1.807, 2.05) is 36.6 Å². The molecule has 0 unspecified atom stereocenters. The van der Waals surface area contributed by atoms with Crippen molar-refractivity contribution >= 4 is 50.8 Å². The van der Waals surface area contributed by atoms with Crippen molar-refractivity contribution in [3.05, 3.63) is 61.9 Å². The average Bonchev–Trinajstić information content (AvgIpc) is 3.44. The zero-order valence-electron chi connectivity index (χ0n) is 20.3. The monoisotopic (exact) mass is 525 g/mol. The number of esters is 1. The molecule has 1 atom stereocenters. The zero-order valence-corrected chi connectivity index (χ0v) is 22.7. The van der Waals surface area contributed by atoms with Crippen molar-refractivity contribution in [1.29, 1.82) is 5.26 Å². The second kappa shape index (κ2) is 10.5. The number of thiazole rings is 1. The topological polar surface area (TPSA) is 75.0 Å². The third kappa shape index (κ3) is 5.61. The molecule has 1 aliphatic carbocycles. The molecule has 3 aromatic rings. The van der Waals surface area contributed by atoms with E-state index < -0.39 is 0 Å². The van der Waals surface area contributed by atoms with Crippen molar-refractivity contribution in [2.45, 2.75) is 47.0 Å².